The lowest BCUT2D eigenvalue weighted by Gasteiger charge is -2.37. The Kier molecular flexibility index (Phi) is 4.47. The summed E-state index contributed by atoms with van der Waals surface area (Å²) >= 11 is 5.97. The first-order valence-electron chi connectivity index (χ1n) is 6.68. The van der Waals surface area contributed by atoms with Crippen LogP contribution in [0.5, 0.6) is 0 Å². The second-order valence-electron chi connectivity index (χ2n) is 5.34. The largest absolute Gasteiger partial charge is 0.296 e. The Labute approximate surface area is 110 Å². The summed E-state index contributed by atoms with van der Waals surface area (Å²) in [5.41, 5.74) is 1.41. The van der Waals surface area contributed by atoms with Gasteiger partial charge in [-0.25, -0.2) is 0 Å². The molecule has 1 aromatic rings. The van der Waals surface area contributed by atoms with E-state index < -0.39 is 0 Å². The Morgan fingerprint density at radius 3 is 2.12 bits per heavy atom. The summed E-state index contributed by atoms with van der Waals surface area (Å²) in [5, 5.41) is 0.829. The minimum Gasteiger partial charge on any atom is -0.296 e. The summed E-state index contributed by atoms with van der Waals surface area (Å²) in [6.07, 6.45) is 4.08. The highest BCUT2D eigenvalue weighted by Gasteiger charge is 2.24. The molecule has 1 aliphatic heterocycles. The molecule has 1 nitrogen and oxygen atoms in total. The molecule has 1 aliphatic rings. The SMILES string of the molecule is CC(C)[C@H](c1ccc(Cl)cc1)N1CCCCC1. The Balaban J connectivity index is 2.18. The number of halogens is 1. The van der Waals surface area contributed by atoms with Crippen LogP contribution in [0, 0.1) is 5.92 Å². The van der Waals surface area contributed by atoms with Gasteiger partial charge in [-0.2, -0.15) is 0 Å². The fraction of sp³-hybridized carbons (Fsp3) is 0.600. The molecule has 0 spiro atoms. The topological polar surface area (TPSA) is 3.24 Å². The van der Waals surface area contributed by atoms with Crippen molar-refractivity contribution in [2.24, 2.45) is 5.92 Å². The van der Waals surface area contributed by atoms with Gasteiger partial charge in [0.05, 0.1) is 0 Å². The molecule has 0 saturated carbocycles. The van der Waals surface area contributed by atoms with E-state index in [4.69, 9.17) is 11.6 Å². The van der Waals surface area contributed by atoms with Gasteiger partial charge in [0.15, 0.2) is 0 Å². The van der Waals surface area contributed by atoms with Crippen LogP contribution in [0.1, 0.15) is 44.7 Å². The molecule has 1 atom stereocenters. The van der Waals surface area contributed by atoms with Gasteiger partial charge < -0.3 is 0 Å². The Hall–Kier alpha value is -0.530. The van der Waals surface area contributed by atoms with Crippen LogP contribution in [0.4, 0.5) is 0 Å². The molecule has 2 rings (SSSR count). The van der Waals surface area contributed by atoms with E-state index in [1.54, 1.807) is 0 Å². The van der Waals surface area contributed by atoms with Crippen molar-refractivity contribution in [1.82, 2.24) is 4.90 Å². The number of rotatable bonds is 3. The van der Waals surface area contributed by atoms with E-state index in [0.717, 1.165) is 5.02 Å². The maximum Gasteiger partial charge on any atom is 0.0406 e. The summed E-state index contributed by atoms with van der Waals surface area (Å²) in [4.78, 5) is 2.64. The molecule has 2 heteroatoms. The predicted octanol–water partition coefficient (Wildman–Crippen LogP) is 4.52. The third-order valence-electron chi connectivity index (χ3n) is 3.63. The number of benzene rings is 1. The fourth-order valence-electron chi connectivity index (χ4n) is 2.87. The first kappa shape index (κ1) is 12.9. The lowest BCUT2D eigenvalue weighted by Crippen LogP contribution is -2.36. The van der Waals surface area contributed by atoms with E-state index in [9.17, 15) is 0 Å². The summed E-state index contributed by atoms with van der Waals surface area (Å²) in [5.74, 6) is 0.647. The third kappa shape index (κ3) is 3.23. The minimum atomic E-state index is 0.549. The predicted molar refractivity (Wildman–Crippen MR) is 74.5 cm³/mol. The van der Waals surface area contributed by atoms with Crippen molar-refractivity contribution >= 4 is 11.6 Å². The molecule has 0 N–H and O–H groups in total. The molecule has 0 radical (unpaired) electrons. The van der Waals surface area contributed by atoms with Crippen molar-refractivity contribution in [2.45, 2.75) is 39.2 Å². The van der Waals surface area contributed by atoms with Crippen molar-refractivity contribution in [2.75, 3.05) is 13.1 Å². The van der Waals surface area contributed by atoms with Crippen molar-refractivity contribution in [3.8, 4) is 0 Å². The molecule has 1 heterocycles. The molecule has 1 fully saturated rings. The zero-order valence-electron chi connectivity index (χ0n) is 10.8. The van der Waals surface area contributed by atoms with Crippen LogP contribution < -0.4 is 0 Å². The zero-order chi connectivity index (χ0) is 12.3. The molecule has 94 valence electrons. The summed E-state index contributed by atoms with van der Waals surface area (Å²) in [6, 6.07) is 8.93. The van der Waals surface area contributed by atoms with Crippen LogP contribution in [0.15, 0.2) is 24.3 Å². The van der Waals surface area contributed by atoms with Gasteiger partial charge in [-0.15, -0.1) is 0 Å². The van der Waals surface area contributed by atoms with Crippen molar-refractivity contribution in [3.05, 3.63) is 34.9 Å². The van der Waals surface area contributed by atoms with Crippen LogP contribution in [0.25, 0.3) is 0 Å². The summed E-state index contributed by atoms with van der Waals surface area (Å²) in [6.45, 7) is 7.11. The Morgan fingerprint density at radius 1 is 1.00 bits per heavy atom. The van der Waals surface area contributed by atoms with E-state index in [1.165, 1.54) is 37.9 Å². The minimum absolute atomic E-state index is 0.549. The van der Waals surface area contributed by atoms with Gasteiger partial charge in [0.1, 0.15) is 0 Å². The first-order chi connectivity index (χ1) is 8.18. The zero-order valence-corrected chi connectivity index (χ0v) is 11.6. The van der Waals surface area contributed by atoms with Crippen molar-refractivity contribution in [1.29, 1.82) is 0 Å². The molecule has 0 aromatic heterocycles. The number of piperidine rings is 1. The fourth-order valence-corrected chi connectivity index (χ4v) is 3.00. The number of nitrogens with zero attached hydrogens (tertiary/aromatic N) is 1. The van der Waals surface area contributed by atoms with Crippen LogP contribution >= 0.6 is 11.6 Å². The normalized spacial score (nSPS) is 19.5. The van der Waals surface area contributed by atoms with Gasteiger partial charge in [0.2, 0.25) is 0 Å². The van der Waals surface area contributed by atoms with Crippen molar-refractivity contribution < 1.29 is 0 Å². The molecule has 0 aliphatic carbocycles. The quantitative estimate of drug-likeness (QED) is 0.763. The highest BCUT2D eigenvalue weighted by atomic mass is 35.5. The average Bonchev–Trinajstić information content (AvgIpc) is 2.33. The second kappa shape index (κ2) is 5.88. The smallest absolute Gasteiger partial charge is 0.0406 e. The molecule has 1 aromatic carbocycles. The van der Waals surface area contributed by atoms with Crippen LogP contribution in [-0.4, -0.2) is 18.0 Å². The van der Waals surface area contributed by atoms with Gasteiger partial charge in [0, 0.05) is 11.1 Å². The summed E-state index contributed by atoms with van der Waals surface area (Å²) < 4.78 is 0. The highest BCUT2D eigenvalue weighted by molar-refractivity contribution is 6.30. The van der Waals surface area contributed by atoms with E-state index >= 15 is 0 Å². The van der Waals surface area contributed by atoms with Crippen LogP contribution in [0.2, 0.25) is 5.02 Å². The highest BCUT2D eigenvalue weighted by Crippen LogP contribution is 2.31. The first-order valence-corrected chi connectivity index (χ1v) is 7.06. The maximum absolute atomic E-state index is 5.97. The van der Waals surface area contributed by atoms with Gasteiger partial charge in [-0.1, -0.05) is 44.0 Å². The molecule has 0 amide bonds. The molecule has 17 heavy (non-hydrogen) atoms. The third-order valence-corrected chi connectivity index (χ3v) is 3.88. The van der Waals surface area contributed by atoms with E-state index in [-0.39, 0.29) is 0 Å². The number of hydrogen-bond acceptors (Lipinski definition) is 1. The number of likely N-dealkylation sites (tertiary alicyclic amines) is 1. The monoisotopic (exact) mass is 251 g/mol. The molecule has 1 saturated heterocycles. The van der Waals surface area contributed by atoms with Gasteiger partial charge >= 0.3 is 0 Å². The van der Waals surface area contributed by atoms with Crippen molar-refractivity contribution in [3.63, 3.8) is 0 Å². The molecular formula is C15H22ClN. The van der Waals surface area contributed by atoms with E-state index in [0.29, 0.717) is 12.0 Å². The Morgan fingerprint density at radius 2 is 1.59 bits per heavy atom. The molecular weight excluding hydrogens is 230 g/mol. The molecule has 0 unspecified atom stereocenters. The van der Waals surface area contributed by atoms with Gasteiger partial charge in [0.25, 0.3) is 0 Å². The van der Waals surface area contributed by atoms with Crippen LogP contribution in [0.3, 0.4) is 0 Å². The standard InChI is InChI=1S/C15H22ClN/c1-12(2)15(17-10-4-3-5-11-17)13-6-8-14(16)9-7-13/h6-9,12,15H,3-5,10-11H2,1-2H3/t15-/m1/s1. The van der Waals surface area contributed by atoms with Crippen LogP contribution in [-0.2, 0) is 0 Å². The Bertz CT molecular complexity index is 338. The van der Waals surface area contributed by atoms with E-state index in [1.807, 2.05) is 12.1 Å². The number of hydrogen-bond donors (Lipinski definition) is 0. The second-order valence-corrected chi connectivity index (χ2v) is 5.77. The maximum atomic E-state index is 5.97. The van der Waals surface area contributed by atoms with Gasteiger partial charge in [-0.05, 0) is 49.5 Å². The average molecular weight is 252 g/mol. The summed E-state index contributed by atoms with van der Waals surface area (Å²) in [7, 11) is 0. The molecule has 0 bridgehead atoms. The lowest BCUT2D eigenvalue weighted by molar-refractivity contribution is 0.128. The van der Waals surface area contributed by atoms with E-state index in [2.05, 4.69) is 30.9 Å². The van der Waals surface area contributed by atoms with Gasteiger partial charge in [-0.3, -0.25) is 4.90 Å². The lowest BCUT2D eigenvalue weighted by atomic mass is 9.92.